The van der Waals surface area contributed by atoms with E-state index in [0.717, 1.165) is 46.3 Å². The average molecular weight is 417 g/mol. The van der Waals surface area contributed by atoms with Gasteiger partial charge in [0, 0.05) is 42.5 Å². The number of hydrogen-bond acceptors (Lipinski definition) is 7. The van der Waals surface area contributed by atoms with Crippen molar-refractivity contribution < 1.29 is 9.15 Å². The first kappa shape index (κ1) is 19.4. The fraction of sp³-hybridized carbons (Fsp3) is 0.304. The fourth-order valence-electron chi connectivity index (χ4n) is 4.00. The quantitative estimate of drug-likeness (QED) is 0.533. The van der Waals surface area contributed by atoms with Gasteiger partial charge in [0.1, 0.15) is 5.65 Å². The molecule has 1 fully saturated rings. The van der Waals surface area contributed by atoms with Crippen molar-refractivity contribution in [3.8, 4) is 11.3 Å². The van der Waals surface area contributed by atoms with Gasteiger partial charge in [0.2, 0.25) is 5.95 Å². The SMILES string of the molecule is Cc1cc(-c2ccoc2)ncc1Nc1ncc2c(C)cc(=O)n(C3CCOCC3)c2n1. The number of hydrogen-bond donors (Lipinski definition) is 1. The van der Waals surface area contributed by atoms with Crippen molar-refractivity contribution in [3.63, 3.8) is 0 Å². The van der Waals surface area contributed by atoms with E-state index in [4.69, 9.17) is 14.1 Å². The van der Waals surface area contributed by atoms with Crippen LogP contribution in [0.2, 0.25) is 0 Å². The number of rotatable bonds is 4. The molecule has 8 nitrogen and oxygen atoms in total. The van der Waals surface area contributed by atoms with Crippen LogP contribution in [0, 0.1) is 13.8 Å². The minimum Gasteiger partial charge on any atom is -0.472 e. The van der Waals surface area contributed by atoms with Crippen LogP contribution in [0.5, 0.6) is 0 Å². The van der Waals surface area contributed by atoms with E-state index in [0.29, 0.717) is 24.8 Å². The normalized spacial score (nSPS) is 14.8. The van der Waals surface area contributed by atoms with E-state index in [1.807, 2.05) is 26.0 Å². The van der Waals surface area contributed by atoms with Crippen LogP contribution in [-0.4, -0.2) is 32.7 Å². The Kier molecular flexibility index (Phi) is 4.99. The van der Waals surface area contributed by atoms with Crippen molar-refractivity contribution in [2.45, 2.75) is 32.7 Å². The second-order valence-electron chi connectivity index (χ2n) is 7.83. The van der Waals surface area contributed by atoms with Gasteiger partial charge in [-0.2, -0.15) is 4.98 Å². The molecule has 0 unspecified atom stereocenters. The van der Waals surface area contributed by atoms with Gasteiger partial charge >= 0.3 is 0 Å². The number of nitrogens with zero attached hydrogens (tertiary/aromatic N) is 4. The van der Waals surface area contributed by atoms with Gasteiger partial charge in [-0.25, -0.2) is 4.98 Å². The highest BCUT2D eigenvalue weighted by Crippen LogP contribution is 2.27. The zero-order chi connectivity index (χ0) is 21.4. The summed E-state index contributed by atoms with van der Waals surface area (Å²) in [5.41, 5.74) is 5.05. The van der Waals surface area contributed by atoms with Crippen molar-refractivity contribution in [2.75, 3.05) is 18.5 Å². The fourth-order valence-corrected chi connectivity index (χ4v) is 4.00. The van der Waals surface area contributed by atoms with Crippen LogP contribution in [-0.2, 0) is 4.74 Å². The number of aryl methyl sites for hydroxylation is 2. The lowest BCUT2D eigenvalue weighted by Crippen LogP contribution is -2.30. The number of nitrogens with one attached hydrogen (secondary N) is 1. The van der Waals surface area contributed by atoms with Gasteiger partial charge < -0.3 is 14.5 Å². The summed E-state index contributed by atoms with van der Waals surface area (Å²) >= 11 is 0. The van der Waals surface area contributed by atoms with E-state index in [1.54, 1.807) is 35.6 Å². The molecule has 0 aliphatic carbocycles. The van der Waals surface area contributed by atoms with Crippen molar-refractivity contribution in [1.82, 2.24) is 19.5 Å². The summed E-state index contributed by atoms with van der Waals surface area (Å²) in [6.07, 6.45) is 8.41. The van der Waals surface area contributed by atoms with Gasteiger partial charge in [0.25, 0.3) is 5.56 Å². The molecule has 5 heterocycles. The molecule has 0 aromatic carbocycles. The van der Waals surface area contributed by atoms with Crippen LogP contribution in [0.1, 0.15) is 30.0 Å². The molecule has 0 radical (unpaired) electrons. The van der Waals surface area contributed by atoms with Crippen LogP contribution in [0.25, 0.3) is 22.3 Å². The Bertz CT molecular complexity index is 1290. The van der Waals surface area contributed by atoms with Gasteiger partial charge in [0.15, 0.2) is 0 Å². The van der Waals surface area contributed by atoms with Gasteiger partial charge in [-0.15, -0.1) is 0 Å². The minimum atomic E-state index is -0.0381. The van der Waals surface area contributed by atoms with Crippen molar-refractivity contribution in [2.24, 2.45) is 0 Å². The predicted molar refractivity (Wildman–Crippen MR) is 118 cm³/mol. The number of anilines is 2. The smallest absolute Gasteiger partial charge is 0.252 e. The highest BCUT2D eigenvalue weighted by molar-refractivity contribution is 5.79. The summed E-state index contributed by atoms with van der Waals surface area (Å²) < 4.78 is 12.4. The van der Waals surface area contributed by atoms with Crippen LogP contribution in [0.4, 0.5) is 11.6 Å². The lowest BCUT2D eigenvalue weighted by molar-refractivity contribution is 0.0697. The molecule has 4 aromatic heterocycles. The third-order valence-corrected chi connectivity index (χ3v) is 5.73. The molecule has 0 atom stereocenters. The van der Waals surface area contributed by atoms with Crippen molar-refractivity contribution >= 4 is 22.7 Å². The standard InChI is InChI=1S/C23H23N5O3/c1-14-10-21(29)28(17-4-7-30-8-5-17)22-18(14)11-25-23(27-22)26-20-12-24-19(9-15(20)2)16-3-6-31-13-16/h3,6,9-13,17H,4-5,7-8H2,1-2H3,(H,25,26,27). The molecule has 4 aromatic rings. The Labute approximate surface area is 178 Å². The monoisotopic (exact) mass is 417 g/mol. The van der Waals surface area contributed by atoms with E-state index in [-0.39, 0.29) is 11.6 Å². The molecule has 0 amide bonds. The highest BCUT2D eigenvalue weighted by Gasteiger charge is 2.21. The lowest BCUT2D eigenvalue weighted by atomic mass is 10.1. The summed E-state index contributed by atoms with van der Waals surface area (Å²) in [6.45, 7) is 5.21. The molecular formula is C23H23N5O3. The maximum atomic E-state index is 12.9. The van der Waals surface area contributed by atoms with E-state index in [9.17, 15) is 4.79 Å². The summed E-state index contributed by atoms with van der Waals surface area (Å²) in [4.78, 5) is 26.6. The Morgan fingerprint density at radius 1 is 1.10 bits per heavy atom. The van der Waals surface area contributed by atoms with E-state index in [2.05, 4.69) is 15.3 Å². The molecule has 1 aliphatic heterocycles. The molecule has 1 saturated heterocycles. The van der Waals surface area contributed by atoms with E-state index in [1.165, 1.54) is 0 Å². The Hall–Kier alpha value is -3.52. The lowest BCUT2D eigenvalue weighted by Gasteiger charge is -2.25. The predicted octanol–water partition coefficient (Wildman–Crippen LogP) is 4.16. The minimum absolute atomic E-state index is 0.0381. The zero-order valence-electron chi connectivity index (χ0n) is 17.5. The van der Waals surface area contributed by atoms with E-state index < -0.39 is 0 Å². The second-order valence-corrected chi connectivity index (χ2v) is 7.83. The van der Waals surface area contributed by atoms with Gasteiger partial charge in [-0.1, -0.05) is 0 Å². The first-order chi connectivity index (χ1) is 15.1. The Balaban J connectivity index is 1.53. The summed E-state index contributed by atoms with van der Waals surface area (Å²) in [5, 5.41) is 4.13. The number of furan rings is 1. The number of fused-ring (bicyclic) bond motifs is 1. The Morgan fingerprint density at radius 2 is 1.94 bits per heavy atom. The van der Waals surface area contributed by atoms with Crippen LogP contribution in [0.15, 0.2) is 52.3 Å². The molecule has 158 valence electrons. The highest BCUT2D eigenvalue weighted by atomic mass is 16.5. The molecule has 8 heteroatoms. The average Bonchev–Trinajstić information content (AvgIpc) is 3.31. The maximum absolute atomic E-state index is 12.9. The molecule has 1 aliphatic rings. The third-order valence-electron chi connectivity index (χ3n) is 5.73. The summed E-state index contributed by atoms with van der Waals surface area (Å²) in [6, 6.07) is 5.59. The Morgan fingerprint density at radius 3 is 2.68 bits per heavy atom. The number of pyridine rings is 2. The maximum Gasteiger partial charge on any atom is 0.252 e. The molecule has 31 heavy (non-hydrogen) atoms. The molecular weight excluding hydrogens is 394 g/mol. The molecule has 5 rings (SSSR count). The zero-order valence-corrected chi connectivity index (χ0v) is 17.5. The van der Waals surface area contributed by atoms with Crippen molar-refractivity contribution in [3.05, 3.63) is 64.6 Å². The van der Waals surface area contributed by atoms with Gasteiger partial charge in [0.05, 0.1) is 30.1 Å². The van der Waals surface area contributed by atoms with Gasteiger partial charge in [-0.3, -0.25) is 14.3 Å². The van der Waals surface area contributed by atoms with E-state index >= 15 is 0 Å². The van der Waals surface area contributed by atoms with Crippen LogP contribution in [0.3, 0.4) is 0 Å². The molecule has 0 bridgehead atoms. The van der Waals surface area contributed by atoms with Gasteiger partial charge in [-0.05, 0) is 49.9 Å². The first-order valence-corrected chi connectivity index (χ1v) is 10.3. The number of ether oxygens (including phenoxy) is 1. The topological polar surface area (TPSA) is 95.1 Å². The molecule has 1 N–H and O–H groups in total. The van der Waals surface area contributed by atoms with Crippen molar-refractivity contribution in [1.29, 1.82) is 0 Å². The summed E-state index contributed by atoms with van der Waals surface area (Å²) in [7, 11) is 0. The van der Waals surface area contributed by atoms with Crippen LogP contribution >= 0.6 is 0 Å². The first-order valence-electron chi connectivity index (χ1n) is 10.3. The van der Waals surface area contributed by atoms with Crippen LogP contribution < -0.4 is 10.9 Å². The molecule has 0 spiro atoms. The third kappa shape index (κ3) is 3.70. The molecule has 0 saturated carbocycles. The summed E-state index contributed by atoms with van der Waals surface area (Å²) in [5.74, 6) is 0.430. The second kappa shape index (κ2) is 7.96. The number of aromatic nitrogens is 4. The largest absolute Gasteiger partial charge is 0.472 e.